The topological polar surface area (TPSA) is 236 Å². The van der Waals surface area contributed by atoms with Gasteiger partial charge in [-0.25, -0.2) is 18.5 Å². The number of fused-ring (bicyclic) bond motifs is 1. The van der Waals surface area contributed by atoms with E-state index in [1.165, 1.54) is 10.8 Å². The van der Waals surface area contributed by atoms with Crippen molar-refractivity contribution in [3.05, 3.63) is 0 Å². The van der Waals surface area contributed by atoms with Crippen LogP contribution in [0.15, 0.2) is 0 Å². The van der Waals surface area contributed by atoms with Crippen molar-refractivity contribution in [3.63, 3.8) is 0 Å². The number of carbonyl (C=O) groups excluding carboxylic acids is 2. The summed E-state index contributed by atoms with van der Waals surface area (Å²) < 4.78 is 57.7. The van der Waals surface area contributed by atoms with E-state index in [1.54, 1.807) is 17.7 Å². The number of urea groups is 1. The van der Waals surface area contributed by atoms with Crippen LogP contribution in [-0.4, -0.2) is 90.1 Å². The van der Waals surface area contributed by atoms with E-state index in [0.29, 0.717) is 30.9 Å². The van der Waals surface area contributed by atoms with Crippen LogP contribution in [0.25, 0.3) is 0 Å². The molecule has 6 N–H and O–H groups in total. The number of phosphoric ester groups is 1. The maximum atomic E-state index is 12.5. The summed E-state index contributed by atoms with van der Waals surface area (Å²) in [7, 11) is -13.3. The third-order valence-corrected chi connectivity index (χ3v) is 15.3. The van der Waals surface area contributed by atoms with Crippen LogP contribution in [-0.2, 0) is 41.1 Å². The first-order valence-corrected chi connectivity index (χ1v) is 21.8. The van der Waals surface area contributed by atoms with Crippen molar-refractivity contribution in [2.45, 2.75) is 106 Å². The Morgan fingerprint density at radius 2 is 1.82 bits per heavy atom. The number of ether oxygens (including phenoxy) is 2. The number of hydrogen-bond donors (Lipinski definition) is 6. The highest BCUT2D eigenvalue weighted by Crippen LogP contribution is 2.66. The number of thioether (sulfide) groups is 1. The summed E-state index contributed by atoms with van der Waals surface area (Å²) >= 11 is 1.87. The monoisotopic (exact) mass is 746 g/mol. The van der Waals surface area contributed by atoms with Gasteiger partial charge >= 0.3 is 29.5 Å². The van der Waals surface area contributed by atoms with Crippen molar-refractivity contribution >= 4 is 68.6 Å². The first kappa shape index (κ1) is 38.8. The van der Waals surface area contributed by atoms with Gasteiger partial charge in [0.2, 0.25) is 0 Å². The lowest BCUT2D eigenvalue weighted by molar-refractivity contribution is -0.119. The molecule has 0 aliphatic carbocycles. The van der Waals surface area contributed by atoms with Crippen LogP contribution in [0.3, 0.4) is 0 Å². The lowest BCUT2D eigenvalue weighted by Crippen LogP contribution is -2.36. The number of nitrogens with one attached hydrogen (secondary N) is 2. The van der Waals surface area contributed by atoms with E-state index in [2.05, 4.69) is 19.3 Å². The van der Waals surface area contributed by atoms with E-state index in [1.807, 2.05) is 25.6 Å². The van der Waals surface area contributed by atoms with Crippen molar-refractivity contribution in [2.24, 2.45) is 0 Å². The first-order chi connectivity index (χ1) is 20.3. The molecule has 0 aromatic carbocycles. The molecule has 2 amide bonds. The Morgan fingerprint density at radius 1 is 1.09 bits per heavy atom. The van der Waals surface area contributed by atoms with E-state index in [4.69, 9.17) is 23.8 Å². The predicted molar refractivity (Wildman–Crippen MR) is 166 cm³/mol. The third kappa shape index (κ3) is 13.8. The first-order valence-electron chi connectivity index (χ1n) is 13.9. The summed E-state index contributed by atoms with van der Waals surface area (Å²) in [5, 5.41) is 6.32. The largest absolute Gasteiger partial charge is 0.490 e. The minimum atomic E-state index is -5.61. The Balaban J connectivity index is 1.29. The van der Waals surface area contributed by atoms with Gasteiger partial charge in [0.1, 0.15) is 17.8 Å². The lowest BCUT2D eigenvalue weighted by Gasteiger charge is -2.24. The Morgan fingerprint density at radius 3 is 2.52 bits per heavy atom. The minimum absolute atomic E-state index is 0.0929. The van der Waals surface area contributed by atoms with E-state index >= 15 is 0 Å². The summed E-state index contributed by atoms with van der Waals surface area (Å²) in [6.45, 7) is 5.28. The summed E-state index contributed by atoms with van der Waals surface area (Å²) in [5.74, 6) is 1.39. The van der Waals surface area contributed by atoms with Crippen molar-refractivity contribution in [1.82, 2.24) is 10.6 Å². The highest BCUT2D eigenvalue weighted by atomic mass is 33.1. The number of hydrogen-bond acceptors (Lipinski definition) is 13. The normalized spacial score (nSPS) is 29.9. The van der Waals surface area contributed by atoms with Crippen LogP contribution >= 0.6 is 56.8 Å². The van der Waals surface area contributed by atoms with Gasteiger partial charge in [0, 0.05) is 35.0 Å². The maximum Gasteiger partial charge on any atom is 0.490 e. The van der Waals surface area contributed by atoms with Gasteiger partial charge in [-0.05, 0) is 40.0 Å². The molecule has 3 heterocycles. The van der Waals surface area contributed by atoms with Crippen molar-refractivity contribution in [2.75, 3.05) is 18.3 Å². The van der Waals surface area contributed by atoms with Crippen LogP contribution in [0, 0.1) is 0 Å². The number of phosphoric acid groups is 3. The van der Waals surface area contributed by atoms with Gasteiger partial charge in [0.15, 0.2) is 0 Å². The Kier molecular flexibility index (Phi) is 14.6. The zero-order valence-electron chi connectivity index (χ0n) is 24.5. The standard InChI is InChI=1S/C22H41N2O14P3S3/c1-14-10-17(18(36-14)11-35-40(30,31)38-41(32,33)37-39(27,28)29)34-13-43-44-22(2,3)9-8-15(25)6-4-5-7-19-20-16(12-42-19)23-21(26)24-20/h14,16-20H,4-13H2,1-3H3,(H,30,31)(H,32,33)(H2,23,24,26)(H2,27,28,29)/t14-,16?,17?,18+,19?,20?/m0/s1. The zero-order valence-corrected chi connectivity index (χ0v) is 29.6. The second-order valence-electron chi connectivity index (χ2n) is 11.3. The summed E-state index contributed by atoms with van der Waals surface area (Å²) in [6, 6.07) is 0.293. The molecular weight excluding hydrogens is 705 g/mol. The molecule has 0 radical (unpaired) electrons. The molecule has 256 valence electrons. The van der Waals surface area contributed by atoms with Crippen LogP contribution in [0.2, 0.25) is 0 Å². The molecule has 44 heavy (non-hydrogen) atoms. The number of rotatable bonds is 20. The van der Waals surface area contributed by atoms with Gasteiger partial charge < -0.3 is 39.7 Å². The van der Waals surface area contributed by atoms with E-state index in [9.17, 15) is 33.1 Å². The van der Waals surface area contributed by atoms with Crippen LogP contribution in [0.4, 0.5) is 4.79 Å². The second-order valence-corrected chi connectivity index (χ2v) is 19.9. The Bertz CT molecular complexity index is 1150. The van der Waals surface area contributed by atoms with Gasteiger partial charge in [-0.1, -0.05) is 28.0 Å². The molecule has 0 aromatic rings. The molecule has 0 spiro atoms. The fraction of sp³-hybridized carbons (Fsp3) is 0.909. The fourth-order valence-electron chi connectivity index (χ4n) is 4.93. The lowest BCUT2D eigenvalue weighted by atomic mass is 9.99. The molecule has 22 heteroatoms. The van der Waals surface area contributed by atoms with Crippen LogP contribution in [0.5, 0.6) is 0 Å². The van der Waals surface area contributed by atoms with E-state index in [-0.39, 0.29) is 40.7 Å². The third-order valence-electron chi connectivity index (χ3n) is 6.96. The van der Waals surface area contributed by atoms with Crippen molar-refractivity contribution in [3.8, 4) is 0 Å². The Hall–Kier alpha value is 0.320. The number of unbranched alkanes of at least 4 members (excludes halogenated alkanes) is 1. The summed E-state index contributed by atoms with van der Waals surface area (Å²) in [6.07, 6.45) is 3.26. The van der Waals surface area contributed by atoms with Crippen molar-refractivity contribution < 1.29 is 65.5 Å². The quantitative estimate of drug-likeness (QED) is 0.0338. The Labute approximate surface area is 268 Å². The number of ketones is 1. The smallest absolute Gasteiger partial charge is 0.370 e. The molecular formula is C22H41N2O14P3S3. The van der Waals surface area contributed by atoms with Crippen LogP contribution in [0.1, 0.15) is 65.7 Å². The molecule has 3 rings (SSSR count). The van der Waals surface area contributed by atoms with Gasteiger partial charge in [-0.2, -0.15) is 20.4 Å². The molecule has 3 aliphatic heterocycles. The van der Waals surface area contributed by atoms with Crippen LogP contribution < -0.4 is 10.6 Å². The molecule has 16 nitrogen and oxygen atoms in total. The zero-order chi connectivity index (χ0) is 32.8. The molecule has 3 aliphatic rings. The molecule has 8 atom stereocenters. The molecule has 3 saturated heterocycles. The molecule has 6 unspecified atom stereocenters. The molecule has 0 bridgehead atoms. The van der Waals surface area contributed by atoms with Gasteiger partial charge in [0.05, 0.1) is 30.9 Å². The van der Waals surface area contributed by atoms with Crippen molar-refractivity contribution in [1.29, 1.82) is 0 Å². The second kappa shape index (κ2) is 16.6. The summed E-state index contributed by atoms with van der Waals surface area (Å²) in [5.41, 5.74) is 0. The molecule has 0 saturated carbocycles. The van der Waals surface area contributed by atoms with E-state index in [0.717, 1.165) is 25.0 Å². The highest BCUT2D eigenvalue weighted by Gasteiger charge is 2.44. The molecule has 3 fully saturated rings. The number of carbonyl (C=O) groups is 2. The maximum absolute atomic E-state index is 12.5. The number of Topliss-reactive ketones (excluding diaryl/α,β-unsaturated/α-hetero) is 1. The van der Waals surface area contributed by atoms with Gasteiger partial charge in [-0.15, -0.1) is 0 Å². The van der Waals surface area contributed by atoms with Gasteiger partial charge in [-0.3, -0.25) is 9.32 Å². The highest BCUT2D eigenvalue weighted by molar-refractivity contribution is 8.77. The summed E-state index contributed by atoms with van der Waals surface area (Å²) in [4.78, 5) is 60.2. The number of amides is 2. The average molecular weight is 747 g/mol. The SMILES string of the molecule is C[C@H]1CC(OCSSC(C)(C)CCC(=O)CCCCC2SCC3NC(=O)NC32)[C@@H](COP(=O)(O)OP(=O)(O)OP(=O)(O)O)O1. The molecule has 0 aromatic heterocycles. The average Bonchev–Trinajstić information content (AvgIpc) is 3.53. The van der Waals surface area contributed by atoms with Gasteiger partial charge in [0.25, 0.3) is 0 Å². The van der Waals surface area contributed by atoms with E-state index < -0.39 is 42.3 Å². The predicted octanol–water partition coefficient (Wildman–Crippen LogP) is 4.08. The minimum Gasteiger partial charge on any atom is -0.370 e. The fourth-order valence-corrected chi connectivity index (χ4v) is 11.8.